The predicted molar refractivity (Wildman–Crippen MR) is 27.4 cm³/mol. The van der Waals surface area contributed by atoms with Crippen LogP contribution in [0.5, 0.6) is 0 Å². The Balaban J connectivity index is 2.95. The number of aromatic nitrogens is 5. The lowest BCUT2D eigenvalue weighted by atomic mass is 10.7. The lowest BCUT2D eigenvalue weighted by Crippen LogP contribution is -1.87. The molecule has 0 saturated heterocycles. The molecule has 0 saturated carbocycles. The highest BCUT2D eigenvalue weighted by atomic mass is 15.5. The summed E-state index contributed by atoms with van der Waals surface area (Å²) in [6.45, 7) is 0. The third-order valence-electron chi connectivity index (χ3n) is 0.930. The molecule has 0 N–H and O–H groups in total. The highest BCUT2D eigenvalue weighted by Gasteiger charge is 1.91. The Morgan fingerprint density at radius 1 is 1.56 bits per heavy atom. The topological polar surface area (TPSA) is 56.0 Å². The first-order valence-electron chi connectivity index (χ1n) is 2.37. The van der Waals surface area contributed by atoms with Gasteiger partial charge in [0.15, 0.2) is 0 Å². The average molecular weight is 120 g/mol. The summed E-state index contributed by atoms with van der Waals surface area (Å²) < 4.78 is 1.47. The fraction of sp³-hybridized carbons (Fsp3) is 0. The van der Waals surface area contributed by atoms with Crippen LogP contribution in [0, 0.1) is 6.20 Å². The van der Waals surface area contributed by atoms with Gasteiger partial charge in [-0.25, -0.2) is 4.98 Å². The third kappa shape index (κ3) is 0.543. The number of hydrogen-bond acceptors (Lipinski definition) is 4. The molecular weight excluding hydrogens is 118 g/mol. The van der Waals surface area contributed by atoms with Crippen molar-refractivity contribution in [3.05, 3.63) is 18.5 Å². The minimum absolute atomic E-state index is 0.470. The molecule has 5 heteroatoms. The molecule has 2 aromatic rings. The maximum absolute atomic E-state index is 3.74. The molecule has 2 heterocycles. The summed E-state index contributed by atoms with van der Waals surface area (Å²) in [6, 6.07) is 1.64. The molecule has 9 heavy (non-hydrogen) atoms. The Bertz CT molecular complexity index is 283. The molecule has 0 aliphatic heterocycles. The van der Waals surface area contributed by atoms with Crippen molar-refractivity contribution >= 4 is 5.78 Å². The van der Waals surface area contributed by atoms with E-state index in [0.717, 1.165) is 0 Å². The first-order valence-corrected chi connectivity index (χ1v) is 2.37. The second-order valence-corrected chi connectivity index (χ2v) is 1.48. The van der Waals surface area contributed by atoms with E-state index in [0.29, 0.717) is 5.78 Å². The second kappa shape index (κ2) is 1.48. The van der Waals surface area contributed by atoms with Gasteiger partial charge in [-0.3, -0.25) is 0 Å². The van der Waals surface area contributed by atoms with Crippen LogP contribution in [0.2, 0.25) is 0 Å². The standard InChI is InChI=1S/C4H2N5/c1-2-5-4-6-7-8-9(4)3-1/h1,3H. The summed E-state index contributed by atoms with van der Waals surface area (Å²) in [5, 5.41) is 10.6. The summed E-state index contributed by atoms with van der Waals surface area (Å²) in [6.07, 6.45) is 4.29. The molecule has 0 spiro atoms. The van der Waals surface area contributed by atoms with Crippen molar-refractivity contribution in [2.45, 2.75) is 0 Å². The Kier molecular flexibility index (Phi) is 0.717. The molecule has 1 radical (unpaired) electrons. The van der Waals surface area contributed by atoms with Crippen LogP contribution in [-0.4, -0.2) is 25.0 Å². The Morgan fingerprint density at radius 2 is 2.56 bits per heavy atom. The Hall–Kier alpha value is -1.52. The summed E-state index contributed by atoms with van der Waals surface area (Å²) >= 11 is 0. The van der Waals surface area contributed by atoms with E-state index >= 15 is 0 Å². The van der Waals surface area contributed by atoms with Crippen LogP contribution < -0.4 is 0 Å². The Morgan fingerprint density at radius 3 is 3.44 bits per heavy atom. The SMILES string of the molecule is [c]1ccn2nnnc2n1. The van der Waals surface area contributed by atoms with Crippen molar-refractivity contribution < 1.29 is 0 Å². The van der Waals surface area contributed by atoms with Crippen molar-refractivity contribution in [2.24, 2.45) is 0 Å². The predicted octanol–water partition coefficient (Wildman–Crippen LogP) is -0.681. The normalized spacial score (nSPS) is 10.2. The van der Waals surface area contributed by atoms with Crippen molar-refractivity contribution in [3.63, 3.8) is 0 Å². The van der Waals surface area contributed by atoms with Crippen LogP contribution in [0.3, 0.4) is 0 Å². The molecule has 0 atom stereocenters. The van der Waals surface area contributed by atoms with Crippen molar-refractivity contribution in [1.82, 2.24) is 25.0 Å². The van der Waals surface area contributed by atoms with E-state index in [4.69, 9.17) is 0 Å². The molecular formula is C4H2N5. The van der Waals surface area contributed by atoms with Gasteiger partial charge in [-0.05, 0) is 16.5 Å². The number of hydrogen-bond donors (Lipinski definition) is 0. The lowest BCUT2D eigenvalue weighted by molar-refractivity contribution is 0.820. The first kappa shape index (κ1) is 4.37. The van der Waals surface area contributed by atoms with Crippen LogP contribution in [-0.2, 0) is 0 Å². The maximum atomic E-state index is 3.74. The fourth-order valence-electron chi connectivity index (χ4n) is 0.558. The summed E-state index contributed by atoms with van der Waals surface area (Å²) in [5.74, 6) is 0.470. The molecule has 0 fully saturated rings. The van der Waals surface area contributed by atoms with Gasteiger partial charge >= 0.3 is 0 Å². The largest absolute Gasteiger partial charge is 0.273 e. The fourth-order valence-corrected chi connectivity index (χ4v) is 0.558. The molecule has 2 rings (SSSR count). The molecule has 0 aliphatic rings. The number of fused-ring (bicyclic) bond motifs is 1. The van der Waals surface area contributed by atoms with E-state index in [1.165, 1.54) is 4.52 Å². The van der Waals surface area contributed by atoms with Gasteiger partial charge in [-0.2, -0.15) is 4.52 Å². The van der Waals surface area contributed by atoms with E-state index in [1.807, 2.05) is 0 Å². The zero-order valence-corrected chi connectivity index (χ0v) is 4.39. The molecule has 0 amide bonds. The monoisotopic (exact) mass is 120 g/mol. The van der Waals surface area contributed by atoms with Crippen molar-refractivity contribution in [1.29, 1.82) is 0 Å². The molecule has 0 unspecified atom stereocenters. The van der Waals surface area contributed by atoms with Gasteiger partial charge in [0.25, 0.3) is 5.78 Å². The van der Waals surface area contributed by atoms with E-state index < -0.39 is 0 Å². The van der Waals surface area contributed by atoms with Crippen molar-refractivity contribution in [2.75, 3.05) is 0 Å². The van der Waals surface area contributed by atoms with Gasteiger partial charge in [-0.1, -0.05) is 5.10 Å². The number of rotatable bonds is 0. The second-order valence-electron chi connectivity index (χ2n) is 1.48. The van der Waals surface area contributed by atoms with Gasteiger partial charge in [0.2, 0.25) is 0 Å². The maximum Gasteiger partial charge on any atom is 0.273 e. The lowest BCUT2D eigenvalue weighted by Gasteiger charge is -1.80. The molecule has 0 aliphatic carbocycles. The van der Waals surface area contributed by atoms with E-state index in [2.05, 4.69) is 26.7 Å². The van der Waals surface area contributed by atoms with E-state index in [-0.39, 0.29) is 0 Å². The number of tetrazole rings is 1. The minimum Gasteiger partial charge on any atom is -0.208 e. The summed E-state index contributed by atoms with van der Waals surface area (Å²) in [4.78, 5) is 3.74. The molecule has 5 nitrogen and oxygen atoms in total. The quantitative estimate of drug-likeness (QED) is 0.462. The Labute approximate surface area is 50.3 Å². The van der Waals surface area contributed by atoms with Gasteiger partial charge in [0, 0.05) is 6.20 Å². The average Bonchev–Trinajstić information content (AvgIpc) is 2.33. The van der Waals surface area contributed by atoms with E-state index in [9.17, 15) is 0 Å². The summed E-state index contributed by atoms with van der Waals surface area (Å²) in [5.41, 5.74) is 0. The van der Waals surface area contributed by atoms with Crippen LogP contribution in [0.15, 0.2) is 12.3 Å². The van der Waals surface area contributed by atoms with Crippen LogP contribution >= 0.6 is 0 Å². The van der Waals surface area contributed by atoms with Crippen LogP contribution in [0.25, 0.3) is 5.78 Å². The zero-order valence-electron chi connectivity index (χ0n) is 4.39. The highest BCUT2D eigenvalue weighted by Crippen LogP contribution is 1.84. The van der Waals surface area contributed by atoms with Crippen LogP contribution in [0.1, 0.15) is 0 Å². The molecule has 0 bridgehead atoms. The van der Waals surface area contributed by atoms with Gasteiger partial charge in [0.05, 0.1) is 6.20 Å². The highest BCUT2D eigenvalue weighted by molar-refractivity contribution is 5.19. The van der Waals surface area contributed by atoms with Gasteiger partial charge in [0.1, 0.15) is 0 Å². The zero-order chi connectivity index (χ0) is 6.10. The smallest absolute Gasteiger partial charge is 0.208 e. The van der Waals surface area contributed by atoms with Crippen LogP contribution in [0.4, 0.5) is 0 Å². The molecule has 43 valence electrons. The number of nitrogens with zero attached hydrogens (tertiary/aromatic N) is 5. The van der Waals surface area contributed by atoms with E-state index in [1.54, 1.807) is 12.3 Å². The molecule has 2 aromatic heterocycles. The van der Waals surface area contributed by atoms with Crippen molar-refractivity contribution in [3.8, 4) is 0 Å². The third-order valence-corrected chi connectivity index (χ3v) is 0.930. The summed E-state index contributed by atoms with van der Waals surface area (Å²) in [7, 11) is 0. The van der Waals surface area contributed by atoms with Gasteiger partial charge in [-0.15, -0.1) is 0 Å². The van der Waals surface area contributed by atoms with Gasteiger partial charge < -0.3 is 0 Å². The molecule has 0 aromatic carbocycles. The first-order chi connectivity index (χ1) is 4.47. The minimum atomic E-state index is 0.470.